The topological polar surface area (TPSA) is 77.0 Å². The third-order valence-corrected chi connectivity index (χ3v) is 2.54. The Kier molecular flexibility index (Phi) is 6.57. The highest BCUT2D eigenvalue weighted by atomic mass is 16.5. The molecule has 1 unspecified atom stereocenters. The summed E-state index contributed by atoms with van der Waals surface area (Å²) in [4.78, 5) is 22.9. The maximum absolute atomic E-state index is 12.0. The molecule has 21 heavy (non-hydrogen) atoms. The van der Waals surface area contributed by atoms with Gasteiger partial charge >= 0.3 is 18.2 Å². The number of nitrogens with zero attached hydrogens (tertiary/aromatic N) is 1. The van der Waals surface area contributed by atoms with Gasteiger partial charge in [-0.3, -0.25) is 0 Å². The second-order valence-corrected chi connectivity index (χ2v) is 4.18. The van der Waals surface area contributed by atoms with E-state index in [-0.39, 0.29) is 12.5 Å². The van der Waals surface area contributed by atoms with Crippen LogP contribution in [0, 0.1) is 5.92 Å². The Bertz CT molecular complexity index is 540. The van der Waals surface area contributed by atoms with Gasteiger partial charge in [0.2, 0.25) is 0 Å². The minimum atomic E-state index is -0.720. The Morgan fingerprint density at radius 1 is 1.48 bits per heavy atom. The van der Waals surface area contributed by atoms with E-state index >= 15 is 0 Å². The molecular weight excluding hydrogens is 272 g/mol. The van der Waals surface area contributed by atoms with Gasteiger partial charge in [-0.25, -0.2) is 10.2 Å². The zero-order chi connectivity index (χ0) is 15.7. The summed E-state index contributed by atoms with van der Waals surface area (Å²) in [5.41, 5.74) is 3.27. The van der Waals surface area contributed by atoms with E-state index in [1.807, 2.05) is 6.92 Å². The molecule has 1 atom stereocenters. The Balaban J connectivity index is 2.74. The summed E-state index contributed by atoms with van der Waals surface area (Å²) in [5, 5.41) is 3.57. The number of carbonyl (C=O) groups excluding carboxylic acids is 2. The SMILES string of the molecule is C=CC(C)COC(=O)c1ccccc1NN=[C+]C(=O)OC. The fourth-order valence-electron chi connectivity index (χ4n) is 1.29. The average molecular weight is 289 g/mol. The highest BCUT2D eigenvalue weighted by Crippen LogP contribution is 2.16. The van der Waals surface area contributed by atoms with Gasteiger partial charge in [0.1, 0.15) is 0 Å². The second-order valence-electron chi connectivity index (χ2n) is 4.18. The van der Waals surface area contributed by atoms with Crippen LogP contribution in [0.15, 0.2) is 42.0 Å². The number of hydrogen-bond donors (Lipinski definition) is 1. The third kappa shape index (κ3) is 5.42. The third-order valence-electron chi connectivity index (χ3n) is 2.54. The zero-order valence-electron chi connectivity index (χ0n) is 12.0. The summed E-state index contributed by atoms with van der Waals surface area (Å²) in [6, 6.07) is 6.65. The maximum atomic E-state index is 12.0. The Morgan fingerprint density at radius 3 is 2.86 bits per heavy atom. The molecule has 0 bridgehead atoms. The first-order chi connectivity index (χ1) is 10.1. The van der Waals surface area contributed by atoms with Gasteiger partial charge in [0.15, 0.2) is 0 Å². The van der Waals surface area contributed by atoms with Crippen LogP contribution in [-0.4, -0.2) is 31.9 Å². The maximum Gasteiger partial charge on any atom is 0.619 e. The van der Waals surface area contributed by atoms with Crippen molar-refractivity contribution in [2.24, 2.45) is 11.0 Å². The van der Waals surface area contributed by atoms with Crippen LogP contribution in [0.5, 0.6) is 0 Å². The molecule has 0 heterocycles. The standard InChI is InChI=1S/C15H16N2O4/c1-4-11(2)10-21-15(19)12-7-5-6-8-13(12)17-16-9-14(18)20-3/h4-8,11H,1,10H2,2-3H3/p+1. The largest absolute Gasteiger partial charge is 0.619 e. The molecule has 0 radical (unpaired) electrons. The van der Waals surface area contributed by atoms with E-state index in [1.165, 1.54) is 7.11 Å². The fraction of sp³-hybridized carbons (Fsp3) is 0.267. The van der Waals surface area contributed by atoms with Gasteiger partial charge in [0.05, 0.1) is 30.1 Å². The van der Waals surface area contributed by atoms with Gasteiger partial charge in [0.25, 0.3) is 0 Å². The first kappa shape index (κ1) is 16.3. The second kappa shape index (κ2) is 8.45. The quantitative estimate of drug-likeness (QED) is 0.273. The molecule has 0 aliphatic heterocycles. The number of esters is 2. The number of methoxy groups -OCH3 is 1. The molecule has 110 valence electrons. The van der Waals surface area contributed by atoms with E-state index in [9.17, 15) is 9.59 Å². The van der Waals surface area contributed by atoms with Crippen LogP contribution in [-0.2, 0) is 14.3 Å². The van der Waals surface area contributed by atoms with Gasteiger partial charge in [-0.15, -0.1) is 6.58 Å². The Labute approximate surface area is 123 Å². The van der Waals surface area contributed by atoms with E-state index in [2.05, 4.69) is 28.1 Å². The summed E-state index contributed by atoms with van der Waals surface area (Å²) in [6.07, 6.45) is 3.80. The van der Waals surface area contributed by atoms with Crippen LogP contribution in [0.1, 0.15) is 17.3 Å². The van der Waals surface area contributed by atoms with Gasteiger partial charge in [-0.05, 0) is 12.1 Å². The smallest absolute Gasteiger partial charge is 0.461 e. The highest BCUT2D eigenvalue weighted by molar-refractivity contribution is 6.23. The summed E-state index contributed by atoms with van der Waals surface area (Å²) < 4.78 is 9.52. The lowest BCUT2D eigenvalue weighted by Crippen LogP contribution is -2.12. The van der Waals surface area contributed by atoms with Crippen molar-refractivity contribution in [3.8, 4) is 0 Å². The van der Waals surface area contributed by atoms with Crippen LogP contribution >= 0.6 is 0 Å². The number of hydrazone groups is 1. The average Bonchev–Trinajstić information content (AvgIpc) is 2.52. The molecule has 0 aromatic heterocycles. The molecule has 0 amide bonds. The highest BCUT2D eigenvalue weighted by Gasteiger charge is 2.16. The van der Waals surface area contributed by atoms with Crippen molar-refractivity contribution < 1.29 is 19.1 Å². The molecule has 1 aromatic carbocycles. The number of anilines is 1. The van der Waals surface area contributed by atoms with E-state index < -0.39 is 11.9 Å². The van der Waals surface area contributed by atoms with Gasteiger partial charge < -0.3 is 9.47 Å². The Morgan fingerprint density at radius 2 is 2.19 bits per heavy atom. The summed E-state index contributed by atoms with van der Waals surface area (Å²) in [6.45, 7) is 5.76. The first-order valence-electron chi connectivity index (χ1n) is 6.27. The molecule has 0 saturated carbocycles. The minimum Gasteiger partial charge on any atom is -0.461 e. The number of nitrogens with one attached hydrogen (secondary N) is 1. The monoisotopic (exact) mass is 289 g/mol. The molecule has 0 aliphatic carbocycles. The molecule has 6 heteroatoms. The van der Waals surface area contributed by atoms with Gasteiger partial charge in [-0.1, -0.05) is 25.1 Å². The molecule has 0 spiro atoms. The molecule has 6 nitrogen and oxygen atoms in total. The lowest BCUT2D eigenvalue weighted by molar-refractivity contribution is -0.132. The van der Waals surface area contributed by atoms with Gasteiger partial charge in [-0.2, -0.15) is 4.79 Å². The lowest BCUT2D eigenvalue weighted by Gasteiger charge is -2.09. The lowest BCUT2D eigenvalue weighted by atomic mass is 10.2. The van der Waals surface area contributed by atoms with Crippen molar-refractivity contribution in [3.63, 3.8) is 0 Å². The van der Waals surface area contributed by atoms with Crippen molar-refractivity contribution in [1.29, 1.82) is 0 Å². The fourth-order valence-corrected chi connectivity index (χ4v) is 1.29. The van der Waals surface area contributed by atoms with Crippen molar-refractivity contribution in [1.82, 2.24) is 0 Å². The zero-order valence-corrected chi connectivity index (χ0v) is 12.0. The van der Waals surface area contributed by atoms with Crippen LogP contribution in [0.4, 0.5) is 5.69 Å². The predicted molar refractivity (Wildman–Crippen MR) is 79.2 cm³/mol. The number of benzene rings is 1. The molecule has 1 aromatic rings. The number of para-hydroxylation sites is 1. The molecule has 1 rings (SSSR count). The molecule has 0 fully saturated rings. The minimum absolute atomic E-state index is 0.0692. The Hall–Kier alpha value is -2.72. The van der Waals surface area contributed by atoms with Crippen LogP contribution in [0.3, 0.4) is 0 Å². The molecule has 0 saturated heterocycles. The van der Waals surface area contributed by atoms with Crippen molar-refractivity contribution in [3.05, 3.63) is 42.5 Å². The normalized spacial score (nSPS) is 11.3. The molecule has 1 N–H and O–H groups in total. The number of hydrogen-bond acceptors (Lipinski definition) is 6. The van der Waals surface area contributed by atoms with Crippen molar-refractivity contribution >= 4 is 23.8 Å². The molecular formula is C15H17N2O4+. The number of ether oxygens (including phenoxy) is 2. The van der Waals surface area contributed by atoms with E-state index in [0.29, 0.717) is 11.3 Å². The predicted octanol–water partition coefficient (Wildman–Crippen LogP) is 2.11. The number of rotatable bonds is 7. The molecule has 0 aliphatic rings. The van der Waals surface area contributed by atoms with Gasteiger partial charge in [0, 0.05) is 5.92 Å². The summed E-state index contributed by atoms with van der Waals surface area (Å²) in [5.74, 6) is -1.14. The van der Waals surface area contributed by atoms with E-state index in [0.717, 1.165) is 0 Å². The van der Waals surface area contributed by atoms with E-state index in [4.69, 9.17) is 4.74 Å². The van der Waals surface area contributed by atoms with Crippen molar-refractivity contribution in [2.75, 3.05) is 19.1 Å². The van der Waals surface area contributed by atoms with Crippen LogP contribution < -0.4 is 5.43 Å². The van der Waals surface area contributed by atoms with E-state index in [1.54, 1.807) is 30.3 Å². The summed E-state index contributed by atoms with van der Waals surface area (Å²) >= 11 is 0. The summed E-state index contributed by atoms with van der Waals surface area (Å²) in [7, 11) is 1.22. The van der Waals surface area contributed by atoms with Crippen molar-refractivity contribution in [2.45, 2.75) is 6.92 Å². The van der Waals surface area contributed by atoms with Crippen LogP contribution in [0.25, 0.3) is 0 Å². The van der Waals surface area contributed by atoms with Crippen LogP contribution in [0.2, 0.25) is 0 Å². The first-order valence-corrected chi connectivity index (χ1v) is 6.27. The number of carbonyl (C=O) groups is 2.